The van der Waals surface area contributed by atoms with Crippen LogP contribution in [0, 0.1) is 13.8 Å². The molecule has 0 unspecified atom stereocenters. The molecular weight excluding hydrogens is 526 g/mol. The van der Waals surface area contributed by atoms with Crippen molar-refractivity contribution in [2.45, 2.75) is 27.7 Å². The third kappa shape index (κ3) is 6.91. The molecule has 1 aliphatic heterocycles. The van der Waals surface area contributed by atoms with Crippen molar-refractivity contribution in [1.29, 1.82) is 0 Å². The van der Waals surface area contributed by atoms with Gasteiger partial charge in [-0.05, 0) is 99.0 Å². The summed E-state index contributed by atoms with van der Waals surface area (Å²) in [4.78, 5) is 51.7. The number of carbonyl (C=O) groups is 4. The van der Waals surface area contributed by atoms with Gasteiger partial charge in [-0.1, -0.05) is 12.1 Å². The van der Waals surface area contributed by atoms with E-state index in [0.717, 1.165) is 16.0 Å². The number of ether oxygens (including phenoxy) is 3. The van der Waals surface area contributed by atoms with Crippen LogP contribution < -0.4 is 29.7 Å². The molecule has 10 nitrogen and oxygen atoms in total. The Morgan fingerprint density at radius 2 is 1.59 bits per heavy atom. The van der Waals surface area contributed by atoms with Crippen LogP contribution in [0.3, 0.4) is 0 Å². The molecule has 10 heteroatoms. The van der Waals surface area contributed by atoms with E-state index in [1.54, 1.807) is 49.4 Å². The van der Waals surface area contributed by atoms with Crippen LogP contribution in [0.25, 0.3) is 6.08 Å². The highest BCUT2D eigenvalue weighted by molar-refractivity contribution is 6.39. The molecule has 1 fully saturated rings. The minimum Gasteiger partial charge on any atom is -0.494 e. The topological polar surface area (TPSA) is 123 Å². The first-order chi connectivity index (χ1) is 19.7. The average Bonchev–Trinajstić information content (AvgIpc) is 2.94. The van der Waals surface area contributed by atoms with Gasteiger partial charge < -0.3 is 19.5 Å². The highest BCUT2D eigenvalue weighted by Crippen LogP contribution is 2.31. The predicted molar refractivity (Wildman–Crippen MR) is 154 cm³/mol. The number of aryl methyl sites for hydroxylation is 2. The van der Waals surface area contributed by atoms with Crippen molar-refractivity contribution < 1.29 is 33.4 Å². The van der Waals surface area contributed by atoms with Gasteiger partial charge in [0.2, 0.25) is 0 Å². The normalized spacial score (nSPS) is 14.1. The Hall–Kier alpha value is -5.12. The Balaban J connectivity index is 1.51. The second kappa shape index (κ2) is 12.8. The number of hydrogen-bond acceptors (Lipinski definition) is 7. The number of imide groups is 2. The predicted octanol–water partition coefficient (Wildman–Crippen LogP) is 4.78. The summed E-state index contributed by atoms with van der Waals surface area (Å²) in [6.07, 6.45) is 1.37. The summed E-state index contributed by atoms with van der Waals surface area (Å²) in [5, 5.41) is 5.01. The molecule has 3 aromatic rings. The van der Waals surface area contributed by atoms with Crippen LogP contribution in [-0.4, -0.2) is 43.6 Å². The molecule has 0 atom stereocenters. The maximum atomic E-state index is 13.3. The quantitative estimate of drug-likeness (QED) is 0.272. The van der Waals surface area contributed by atoms with Crippen molar-refractivity contribution in [3.63, 3.8) is 0 Å². The summed E-state index contributed by atoms with van der Waals surface area (Å²) in [5.41, 5.74) is 3.36. The van der Waals surface area contributed by atoms with Crippen molar-refractivity contribution in [3.8, 4) is 17.2 Å². The summed E-state index contributed by atoms with van der Waals surface area (Å²) in [5.74, 6) is -0.710. The zero-order chi connectivity index (χ0) is 29.5. The molecule has 0 spiro atoms. The van der Waals surface area contributed by atoms with Gasteiger partial charge in [0, 0.05) is 5.69 Å². The molecule has 1 saturated heterocycles. The summed E-state index contributed by atoms with van der Waals surface area (Å²) in [6.45, 7) is 8.12. The lowest BCUT2D eigenvalue weighted by Gasteiger charge is -2.26. The van der Waals surface area contributed by atoms with E-state index in [1.165, 1.54) is 6.08 Å². The molecular formula is C31H31N3O7. The van der Waals surface area contributed by atoms with E-state index < -0.39 is 17.8 Å². The van der Waals surface area contributed by atoms with Crippen molar-refractivity contribution in [2.75, 3.05) is 30.0 Å². The molecule has 0 aliphatic carbocycles. The number of anilines is 2. The molecule has 2 N–H and O–H groups in total. The van der Waals surface area contributed by atoms with Gasteiger partial charge in [0.25, 0.3) is 17.7 Å². The fourth-order valence-electron chi connectivity index (χ4n) is 4.08. The van der Waals surface area contributed by atoms with Gasteiger partial charge in [0.05, 0.1) is 18.9 Å². The monoisotopic (exact) mass is 557 g/mol. The van der Waals surface area contributed by atoms with Gasteiger partial charge in [-0.25, -0.2) is 9.69 Å². The highest BCUT2D eigenvalue weighted by atomic mass is 16.5. The van der Waals surface area contributed by atoms with E-state index >= 15 is 0 Å². The molecule has 0 radical (unpaired) electrons. The molecule has 212 valence electrons. The Morgan fingerprint density at radius 3 is 2.27 bits per heavy atom. The largest absolute Gasteiger partial charge is 0.494 e. The van der Waals surface area contributed by atoms with Gasteiger partial charge in [-0.3, -0.25) is 19.7 Å². The third-order valence-corrected chi connectivity index (χ3v) is 6.24. The average molecular weight is 558 g/mol. The zero-order valence-corrected chi connectivity index (χ0v) is 23.3. The van der Waals surface area contributed by atoms with Gasteiger partial charge in [0.1, 0.15) is 11.3 Å². The van der Waals surface area contributed by atoms with Crippen LogP contribution in [0.2, 0.25) is 0 Å². The summed E-state index contributed by atoms with van der Waals surface area (Å²) in [6, 6.07) is 16.0. The maximum absolute atomic E-state index is 13.3. The van der Waals surface area contributed by atoms with E-state index in [1.807, 2.05) is 39.0 Å². The number of benzene rings is 3. The fourth-order valence-corrected chi connectivity index (χ4v) is 4.08. The second-order valence-corrected chi connectivity index (χ2v) is 9.16. The van der Waals surface area contributed by atoms with E-state index in [2.05, 4.69) is 10.6 Å². The maximum Gasteiger partial charge on any atom is 0.335 e. The van der Waals surface area contributed by atoms with Gasteiger partial charge >= 0.3 is 6.03 Å². The first-order valence-corrected chi connectivity index (χ1v) is 13.1. The summed E-state index contributed by atoms with van der Waals surface area (Å²) >= 11 is 0. The smallest absolute Gasteiger partial charge is 0.335 e. The molecule has 1 heterocycles. The van der Waals surface area contributed by atoms with Crippen molar-refractivity contribution in [2.24, 2.45) is 0 Å². The number of nitrogens with zero attached hydrogens (tertiary/aromatic N) is 1. The summed E-state index contributed by atoms with van der Waals surface area (Å²) in [7, 11) is 0. The van der Waals surface area contributed by atoms with Crippen molar-refractivity contribution >= 4 is 41.2 Å². The number of rotatable bonds is 10. The second-order valence-electron chi connectivity index (χ2n) is 9.16. The lowest BCUT2D eigenvalue weighted by Crippen LogP contribution is -2.54. The summed E-state index contributed by atoms with van der Waals surface area (Å²) < 4.78 is 16.8. The minimum atomic E-state index is -0.848. The Morgan fingerprint density at radius 1 is 0.854 bits per heavy atom. The SMILES string of the molecule is CCOc1ccc(N2C(=O)NC(=O)/C(=C\c3ccc(OCC(=O)Nc4ccc(C)c(C)c4)c(OCC)c3)C2=O)cc1. The highest BCUT2D eigenvalue weighted by Gasteiger charge is 2.36. The number of nitrogens with one attached hydrogen (secondary N) is 2. The molecule has 0 aromatic heterocycles. The van der Waals surface area contributed by atoms with Crippen LogP contribution >= 0.6 is 0 Å². The van der Waals surface area contributed by atoms with Crippen LogP contribution in [0.4, 0.5) is 16.2 Å². The number of amides is 5. The number of barbiturate groups is 1. The van der Waals surface area contributed by atoms with E-state index in [0.29, 0.717) is 41.7 Å². The van der Waals surface area contributed by atoms with Gasteiger partial charge in [-0.2, -0.15) is 0 Å². The zero-order valence-electron chi connectivity index (χ0n) is 23.3. The number of hydrogen-bond donors (Lipinski definition) is 2. The molecule has 0 bridgehead atoms. The lowest BCUT2D eigenvalue weighted by molar-refractivity contribution is -0.122. The molecule has 0 saturated carbocycles. The lowest BCUT2D eigenvalue weighted by atomic mass is 10.1. The van der Waals surface area contributed by atoms with Crippen LogP contribution in [-0.2, 0) is 14.4 Å². The van der Waals surface area contributed by atoms with E-state index in [-0.39, 0.29) is 23.8 Å². The van der Waals surface area contributed by atoms with Crippen LogP contribution in [0.5, 0.6) is 17.2 Å². The third-order valence-electron chi connectivity index (χ3n) is 6.24. The van der Waals surface area contributed by atoms with E-state index in [4.69, 9.17) is 14.2 Å². The Labute approximate surface area is 237 Å². The number of carbonyl (C=O) groups excluding carboxylic acids is 4. The fraction of sp³-hybridized carbons (Fsp3) is 0.226. The molecule has 1 aliphatic rings. The van der Waals surface area contributed by atoms with E-state index in [9.17, 15) is 19.2 Å². The first kappa shape index (κ1) is 28.9. The Kier molecular flexibility index (Phi) is 9.03. The van der Waals surface area contributed by atoms with Crippen molar-refractivity contribution in [1.82, 2.24) is 5.32 Å². The number of urea groups is 1. The van der Waals surface area contributed by atoms with Crippen molar-refractivity contribution in [3.05, 3.63) is 82.9 Å². The van der Waals surface area contributed by atoms with Crippen LogP contribution in [0.15, 0.2) is 66.2 Å². The first-order valence-electron chi connectivity index (χ1n) is 13.1. The van der Waals surface area contributed by atoms with Gasteiger partial charge in [0.15, 0.2) is 18.1 Å². The minimum absolute atomic E-state index is 0.234. The van der Waals surface area contributed by atoms with Gasteiger partial charge in [-0.15, -0.1) is 0 Å². The molecule has 4 rings (SSSR count). The molecule has 3 aromatic carbocycles. The van der Waals surface area contributed by atoms with Crippen LogP contribution in [0.1, 0.15) is 30.5 Å². The molecule has 5 amide bonds. The Bertz CT molecular complexity index is 1510. The standard InChI is InChI=1S/C31H31N3O7/c1-5-39-24-12-10-23(11-13-24)34-30(37)25(29(36)33-31(34)38)16-21-8-14-26(27(17-21)40-6-2)41-18-28(35)32-22-9-7-19(3)20(4)15-22/h7-17H,5-6,18H2,1-4H3,(H,32,35)(H,33,36,38)/b25-16+. The molecule has 41 heavy (non-hydrogen) atoms.